The molecule has 3 aliphatic rings. The number of hydrogen-bond acceptors (Lipinski definition) is 7. The van der Waals surface area contributed by atoms with Crippen LogP contribution >= 0.6 is 0 Å². The molecule has 1 aliphatic carbocycles. The summed E-state index contributed by atoms with van der Waals surface area (Å²) in [5, 5.41) is 23.8. The molecule has 0 spiro atoms. The normalized spacial score (nSPS) is 26.6. The number of aromatic nitrogens is 2. The molecule has 2 fully saturated rings. The first-order chi connectivity index (χ1) is 13.4. The van der Waals surface area contributed by atoms with Crippen molar-refractivity contribution in [1.29, 1.82) is 0 Å². The van der Waals surface area contributed by atoms with Gasteiger partial charge in [0.15, 0.2) is 0 Å². The van der Waals surface area contributed by atoms with E-state index in [2.05, 4.69) is 26.0 Å². The zero-order chi connectivity index (χ0) is 19.7. The summed E-state index contributed by atoms with van der Waals surface area (Å²) in [4.78, 5) is 4.49. The highest BCUT2D eigenvalue weighted by atomic mass is 19.3. The molecule has 8 nitrogen and oxygen atoms in total. The van der Waals surface area contributed by atoms with Gasteiger partial charge in [0.05, 0.1) is 11.8 Å². The fourth-order valence-corrected chi connectivity index (χ4v) is 3.43. The van der Waals surface area contributed by atoms with Crippen molar-refractivity contribution >= 4 is 5.96 Å². The van der Waals surface area contributed by atoms with E-state index in [1.807, 2.05) is 6.08 Å². The second kappa shape index (κ2) is 7.76. The van der Waals surface area contributed by atoms with Gasteiger partial charge in [-0.05, 0) is 25.8 Å². The zero-order valence-corrected chi connectivity index (χ0v) is 15.7. The quantitative estimate of drug-likeness (QED) is 0.595. The Balaban J connectivity index is 1.47. The lowest BCUT2D eigenvalue weighted by molar-refractivity contribution is -0.0410. The van der Waals surface area contributed by atoms with Crippen LogP contribution in [0.2, 0.25) is 0 Å². The third kappa shape index (κ3) is 4.50. The van der Waals surface area contributed by atoms with Crippen molar-refractivity contribution in [1.82, 2.24) is 25.7 Å². The Bertz CT molecular complexity index is 749. The second-order valence-electron chi connectivity index (χ2n) is 7.62. The van der Waals surface area contributed by atoms with Crippen molar-refractivity contribution in [2.45, 2.75) is 62.9 Å². The molecule has 28 heavy (non-hydrogen) atoms. The molecule has 10 heteroatoms. The number of rotatable bonds is 5. The topological polar surface area (TPSA) is 95.7 Å². The minimum absolute atomic E-state index is 0.00927. The van der Waals surface area contributed by atoms with Gasteiger partial charge in [-0.3, -0.25) is 5.32 Å². The molecule has 1 saturated heterocycles. The predicted octanol–water partition coefficient (Wildman–Crippen LogP) is 1.07. The summed E-state index contributed by atoms with van der Waals surface area (Å²) in [6.07, 6.45) is 3.24. The van der Waals surface area contributed by atoms with E-state index < -0.39 is 12.0 Å². The third-order valence-electron chi connectivity index (χ3n) is 5.23. The van der Waals surface area contributed by atoms with Gasteiger partial charge in [0.2, 0.25) is 17.8 Å². The molecule has 154 valence electrons. The lowest BCUT2D eigenvalue weighted by Crippen LogP contribution is -2.54. The highest BCUT2D eigenvalue weighted by Crippen LogP contribution is 2.33. The van der Waals surface area contributed by atoms with Crippen molar-refractivity contribution in [2.75, 3.05) is 13.1 Å². The van der Waals surface area contributed by atoms with Crippen molar-refractivity contribution < 1.29 is 18.6 Å². The number of aliphatic imine (C=N–C) groups is 1. The molecular weight excluding hydrogens is 370 g/mol. The number of aliphatic hydroxyl groups excluding tert-OH is 1. The van der Waals surface area contributed by atoms with Crippen molar-refractivity contribution in [2.24, 2.45) is 4.99 Å². The fraction of sp³-hybridized carbons (Fsp3) is 0.667. The lowest BCUT2D eigenvalue weighted by Gasteiger charge is -2.34. The van der Waals surface area contributed by atoms with Gasteiger partial charge in [0, 0.05) is 44.2 Å². The number of nitrogens with zero attached hydrogens (tertiary/aromatic N) is 3. The van der Waals surface area contributed by atoms with Crippen molar-refractivity contribution in [3.05, 3.63) is 29.9 Å². The first kappa shape index (κ1) is 19.3. The monoisotopic (exact) mass is 396 g/mol. The lowest BCUT2D eigenvalue weighted by atomic mass is 9.92. The Morgan fingerprint density at radius 3 is 2.71 bits per heavy atom. The average molecular weight is 396 g/mol. The van der Waals surface area contributed by atoms with Gasteiger partial charge in [-0.1, -0.05) is 0 Å². The fourth-order valence-electron chi connectivity index (χ4n) is 3.43. The molecule has 0 amide bonds. The maximum atomic E-state index is 13.4. The highest BCUT2D eigenvalue weighted by Gasteiger charge is 2.36. The molecule has 0 radical (unpaired) electrons. The Morgan fingerprint density at radius 2 is 2.11 bits per heavy atom. The van der Waals surface area contributed by atoms with Gasteiger partial charge in [-0.15, -0.1) is 0 Å². The molecule has 2 aliphatic heterocycles. The smallest absolute Gasteiger partial charge is 0.248 e. The number of halogens is 2. The molecule has 0 bridgehead atoms. The summed E-state index contributed by atoms with van der Waals surface area (Å²) in [7, 11) is 0. The summed E-state index contributed by atoms with van der Waals surface area (Å²) in [5.41, 5.74) is 0.531. The Kier molecular flexibility index (Phi) is 5.35. The Hall–Kier alpha value is -2.04. The van der Waals surface area contributed by atoms with Gasteiger partial charge in [0.25, 0.3) is 0 Å². The third-order valence-corrected chi connectivity index (χ3v) is 5.23. The summed E-state index contributed by atoms with van der Waals surface area (Å²) in [6, 6.07) is 1.71. The predicted molar refractivity (Wildman–Crippen MR) is 98.8 cm³/mol. The van der Waals surface area contributed by atoms with Crippen LogP contribution in [0.3, 0.4) is 0 Å². The number of hydrogen-bond donors (Lipinski definition) is 4. The number of aliphatic hydroxyl groups is 1. The van der Waals surface area contributed by atoms with Gasteiger partial charge in [0.1, 0.15) is 12.3 Å². The van der Waals surface area contributed by atoms with E-state index in [4.69, 9.17) is 4.74 Å². The molecule has 0 aromatic carbocycles. The molecule has 4 rings (SSSR count). The first-order valence-corrected chi connectivity index (χ1v) is 9.70. The minimum Gasteiger partial charge on any atom is -0.472 e. The van der Waals surface area contributed by atoms with Gasteiger partial charge in [-0.25, -0.2) is 13.5 Å². The number of ether oxygens (including phenoxy) is 1. The summed E-state index contributed by atoms with van der Waals surface area (Å²) in [6.45, 7) is 3.17. The SMILES string of the molecule is CC(O)c1ccn(C2=NC(OC3CNC3)=CC(NC3CCC(F)(F)CC3)N2)n1. The molecule has 1 saturated carbocycles. The maximum absolute atomic E-state index is 13.4. The van der Waals surface area contributed by atoms with E-state index in [1.54, 1.807) is 23.9 Å². The van der Waals surface area contributed by atoms with E-state index in [0.717, 1.165) is 13.1 Å². The molecule has 2 atom stereocenters. The van der Waals surface area contributed by atoms with Crippen LogP contribution in [0.5, 0.6) is 0 Å². The van der Waals surface area contributed by atoms with Crippen LogP contribution in [0.25, 0.3) is 0 Å². The minimum atomic E-state index is -2.56. The maximum Gasteiger partial charge on any atom is 0.248 e. The van der Waals surface area contributed by atoms with Crippen LogP contribution in [0, 0.1) is 0 Å². The van der Waals surface area contributed by atoms with Crippen LogP contribution in [0.15, 0.2) is 29.2 Å². The van der Waals surface area contributed by atoms with E-state index in [9.17, 15) is 13.9 Å². The molecule has 3 heterocycles. The van der Waals surface area contributed by atoms with Gasteiger partial charge >= 0.3 is 0 Å². The van der Waals surface area contributed by atoms with Crippen LogP contribution in [-0.2, 0) is 4.74 Å². The highest BCUT2D eigenvalue weighted by molar-refractivity contribution is 5.83. The van der Waals surface area contributed by atoms with Gasteiger partial charge < -0.3 is 20.5 Å². The second-order valence-corrected chi connectivity index (χ2v) is 7.62. The van der Waals surface area contributed by atoms with Crippen LogP contribution in [0.1, 0.15) is 44.4 Å². The largest absolute Gasteiger partial charge is 0.472 e. The van der Waals surface area contributed by atoms with Gasteiger partial charge in [-0.2, -0.15) is 10.1 Å². The van der Waals surface area contributed by atoms with E-state index in [0.29, 0.717) is 30.4 Å². The Morgan fingerprint density at radius 1 is 1.36 bits per heavy atom. The number of nitrogens with one attached hydrogen (secondary N) is 3. The van der Waals surface area contributed by atoms with Crippen LogP contribution in [-0.4, -0.2) is 58.2 Å². The van der Waals surface area contributed by atoms with Crippen LogP contribution in [0.4, 0.5) is 8.78 Å². The van der Waals surface area contributed by atoms with E-state index in [1.165, 1.54) is 0 Å². The van der Waals surface area contributed by atoms with E-state index in [-0.39, 0.29) is 31.2 Å². The van der Waals surface area contributed by atoms with Crippen molar-refractivity contribution in [3.63, 3.8) is 0 Å². The molecule has 2 unspecified atom stereocenters. The van der Waals surface area contributed by atoms with Crippen molar-refractivity contribution in [3.8, 4) is 0 Å². The molecule has 4 N–H and O–H groups in total. The first-order valence-electron chi connectivity index (χ1n) is 9.70. The number of alkyl halides is 2. The standard InChI is InChI=1S/C18H26F2N6O2/c1-11(27)14-4-7-26(25-14)17-23-15(8-16(24-17)28-13-9-21-10-13)22-12-2-5-18(19,20)6-3-12/h4,7-8,11-13,15,21-22,27H,2-3,5-6,9-10H2,1H3,(H,23,24). The van der Waals surface area contributed by atoms with Crippen LogP contribution < -0.4 is 16.0 Å². The Labute approximate surface area is 162 Å². The summed E-state index contributed by atoms with van der Waals surface area (Å²) < 4.78 is 34.3. The average Bonchev–Trinajstić information content (AvgIpc) is 3.10. The summed E-state index contributed by atoms with van der Waals surface area (Å²) >= 11 is 0. The van der Waals surface area contributed by atoms with E-state index >= 15 is 0 Å². The summed E-state index contributed by atoms with van der Waals surface area (Å²) in [5.74, 6) is -1.64. The zero-order valence-electron chi connectivity index (χ0n) is 15.7. The molecule has 1 aromatic rings. The molecule has 1 aromatic heterocycles. The molecular formula is C18H26F2N6O2.